The highest BCUT2D eigenvalue weighted by molar-refractivity contribution is 5.83. The van der Waals surface area contributed by atoms with Crippen LogP contribution in [0.2, 0.25) is 0 Å². The topological polar surface area (TPSA) is 125 Å². The Morgan fingerprint density at radius 1 is 0.329 bits per heavy atom. The molecule has 0 N–H and O–H groups in total. The van der Waals surface area contributed by atoms with Gasteiger partial charge in [0, 0.05) is 95.8 Å². The Labute approximate surface area is 405 Å². The molecule has 0 aliphatic rings. The number of fused-ring (bicyclic) bond motifs is 7. The minimum Gasteiger partial charge on any atom is -0.356 e. The van der Waals surface area contributed by atoms with Gasteiger partial charge < -0.3 is 9.13 Å². The van der Waals surface area contributed by atoms with E-state index in [1.807, 2.05) is 166 Å². The van der Waals surface area contributed by atoms with Gasteiger partial charge >= 0.3 is 0 Å². The molecule has 14 nitrogen and oxygen atoms in total. The van der Waals surface area contributed by atoms with Crippen molar-refractivity contribution in [2.24, 2.45) is 49.3 Å². The molecule has 0 bridgehead atoms. The molecular weight excluding hydrogens is 869 g/mol. The van der Waals surface area contributed by atoms with Crippen LogP contribution in [-0.2, 0) is 49.3 Å². The predicted octanol–water partition coefficient (Wildman–Crippen LogP) is 11.0. The van der Waals surface area contributed by atoms with Gasteiger partial charge in [-0.25, -0.2) is 4.68 Å². The highest BCUT2D eigenvalue weighted by atomic mass is 15.4. The summed E-state index contributed by atoms with van der Waals surface area (Å²) in [5.74, 6) is 0. The van der Waals surface area contributed by atoms with Crippen molar-refractivity contribution >= 4 is 76.5 Å². The number of nitrogens with zero attached hydrogens (tertiary/aromatic N) is 14. The quantitative estimate of drug-likeness (QED) is 0.148. The minimum absolute atomic E-state index is 0.949. The van der Waals surface area contributed by atoms with Crippen LogP contribution in [0.3, 0.4) is 0 Å². The fraction of sp³-hybridized carbons (Fsp3) is 0.125. The van der Waals surface area contributed by atoms with E-state index < -0.39 is 0 Å². The summed E-state index contributed by atoms with van der Waals surface area (Å²) in [5, 5.41) is 36.0. The molecule has 0 amide bonds. The van der Waals surface area contributed by atoms with Crippen molar-refractivity contribution in [1.82, 2.24) is 68.5 Å². The molecule has 0 spiro atoms. The number of hydrogen-bond donors (Lipinski definition) is 0. The molecule has 0 unspecified atom stereocenters. The van der Waals surface area contributed by atoms with Crippen LogP contribution in [0, 0.1) is 0 Å². The van der Waals surface area contributed by atoms with Gasteiger partial charge in [-0.2, -0.15) is 30.3 Å². The van der Waals surface area contributed by atoms with E-state index in [9.17, 15) is 0 Å². The Balaban J connectivity index is 0.000000110. The summed E-state index contributed by atoms with van der Waals surface area (Å²) in [7, 11) is 13.6. The standard InChI is InChI=1S/2C9H9N.3C8H8N2.2C7H7N3/c1-10-6-8-4-2-3-5-9(8)7-10;1-10-7-6-8-4-2-3-5-9(8)10;1-10-6-7-4-2-3-5-8(7)9-10;2*1-10-8-5-3-2-4-7(8)6-9-10;1-10-7-5-3-2-4-6(7)8-9-10;1-10-8-6-4-2-3-5-7(6)9-10/h2*2-7H,1H3;3*2-6H,1H3;2*2-5H,1H3. The van der Waals surface area contributed by atoms with Gasteiger partial charge in [0.15, 0.2) is 0 Å². The molecule has 0 saturated heterocycles. The van der Waals surface area contributed by atoms with Gasteiger partial charge in [0.05, 0.1) is 34.5 Å². The van der Waals surface area contributed by atoms with Crippen LogP contribution >= 0.6 is 0 Å². The van der Waals surface area contributed by atoms with Crippen LogP contribution in [0.4, 0.5) is 0 Å². The predicted molar refractivity (Wildman–Crippen MR) is 285 cm³/mol. The average Bonchev–Trinajstić information content (AvgIpc) is 4.28. The third kappa shape index (κ3) is 12.0. The first-order valence-electron chi connectivity index (χ1n) is 22.7. The zero-order valence-corrected chi connectivity index (χ0v) is 40.5. The molecule has 0 radical (unpaired) electrons. The van der Waals surface area contributed by atoms with Crippen LogP contribution in [0.15, 0.2) is 213 Å². The van der Waals surface area contributed by atoms with Crippen LogP contribution in [0.5, 0.6) is 0 Å². The van der Waals surface area contributed by atoms with Crippen molar-refractivity contribution in [2.75, 3.05) is 0 Å². The van der Waals surface area contributed by atoms with Gasteiger partial charge in [-0.05, 0) is 70.8 Å². The van der Waals surface area contributed by atoms with Gasteiger partial charge in [-0.3, -0.25) is 14.0 Å². The van der Waals surface area contributed by atoms with E-state index in [2.05, 4.69) is 156 Å². The smallest absolute Gasteiger partial charge is 0.113 e. The van der Waals surface area contributed by atoms with Crippen molar-refractivity contribution in [3.63, 3.8) is 0 Å². The number of rotatable bonds is 0. The summed E-state index contributed by atoms with van der Waals surface area (Å²) < 4.78 is 11.5. The van der Waals surface area contributed by atoms with Crippen molar-refractivity contribution in [2.45, 2.75) is 0 Å². The van der Waals surface area contributed by atoms with E-state index in [4.69, 9.17) is 0 Å². The van der Waals surface area contributed by atoms with Crippen LogP contribution < -0.4 is 0 Å². The first-order valence-corrected chi connectivity index (χ1v) is 22.7. The van der Waals surface area contributed by atoms with Gasteiger partial charge in [0.1, 0.15) is 16.6 Å². The highest BCUT2D eigenvalue weighted by Crippen LogP contribution is 2.15. The van der Waals surface area contributed by atoms with E-state index in [-0.39, 0.29) is 0 Å². The lowest BCUT2D eigenvalue weighted by molar-refractivity contribution is 0.665. The molecule has 70 heavy (non-hydrogen) atoms. The zero-order valence-electron chi connectivity index (χ0n) is 40.5. The molecule has 350 valence electrons. The van der Waals surface area contributed by atoms with Gasteiger partial charge in [0.2, 0.25) is 0 Å². The second-order valence-electron chi connectivity index (χ2n) is 16.4. The Morgan fingerprint density at radius 2 is 0.757 bits per heavy atom. The number of benzene rings is 7. The third-order valence-corrected chi connectivity index (χ3v) is 11.2. The number of aromatic nitrogens is 14. The second kappa shape index (κ2) is 22.5. The third-order valence-electron chi connectivity index (χ3n) is 11.2. The van der Waals surface area contributed by atoms with Crippen molar-refractivity contribution < 1.29 is 0 Å². The summed E-state index contributed by atoms with van der Waals surface area (Å²) in [6, 6.07) is 58.9. The van der Waals surface area contributed by atoms with Gasteiger partial charge in [-0.15, -0.1) is 5.10 Å². The van der Waals surface area contributed by atoms with E-state index in [0.29, 0.717) is 0 Å². The van der Waals surface area contributed by atoms with Gasteiger partial charge in [-0.1, -0.05) is 127 Å². The summed E-state index contributed by atoms with van der Waals surface area (Å²) in [6.45, 7) is 0. The average molecular weight is 925 g/mol. The zero-order chi connectivity index (χ0) is 48.8. The second-order valence-corrected chi connectivity index (χ2v) is 16.4. The molecule has 14 rings (SSSR count). The number of hydrogen-bond acceptors (Lipinski definition) is 7. The Morgan fingerprint density at radius 3 is 1.26 bits per heavy atom. The molecule has 0 atom stereocenters. The van der Waals surface area contributed by atoms with Crippen molar-refractivity contribution in [3.05, 3.63) is 213 Å². The largest absolute Gasteiger partial charge is 0.356 e. The summed E-state index contributed by atoms with van der Waals surface area (Å²) in [6.07, 6.45) is 12.1. The normalized spacial score (nSPS) is 10.5. The molecule has 7 aromatic carbocycles. The maximum Gasteiger partial charge on any atom is 0.113 e. The minimum atomic E-state index is 0.949. The first-order chi connectivity index (χ1) is 34.1. The Kier molecular flexibility index (Phi) is 15.2. The summed E-state index contributed by atoms with van der Waals surface area (Å²) in [4.78, 5) is 1.57. The molecule has 7 heterocycles. The van der Waals surface area contributed by atoms with Crippen LogP contribution in [0.25, 0.3) is 76.5 Å². The summed E-state index contributed by atoms with van der Waals surface area (Å²) in [5.41, 5.74) is 8.64. The number of para-hydroxylation sites is 4. The molecule has 0 aliphatic heterocycles. The molecular formula is C56H56N14. The van der Waals surface area contributed by atoms with E-state index in [1.54, 1.807) is 9.48 Å². The monoisotopic (exact) mass is 924 g/mol. The fourth-order valence-electron chi connectivity index (χ4n) is 7.69. The van der Waals surface area contributed by atoms with Gasteiger partial charge in [0.25, 0.3) is 0 Å². The Hall–Kier alpha value is -9.17. The fourth-order valence-corrected chi connectivity index (χ4v) is 7.69. The molecule has 0 saturated carbocycles. The highest BCUT2D eigenvalue weighted by Gasteiger charge is 1.99. The lowest BCUT2D eigenvalue weighted by Crippen LogP contribution is -1.90. The van der Waals surface area contributed by atoms with Crippen LogP contribution in [-0.4, -0.2) is 68.5 Å². The lowest BCUT2D eigenvalue weighted by atomic mass is 10.2. The molecule has 0 fully saturated rings. The SMILES string of the molecule is Cn1cc2ccccc2c1.Cn1cc2ccccc2n1.Cn1ccc2ccccc21.Cn1nc2ccccc2n1.Cn1ncc2ccccc21.Cn1ncc2ccccc21.Cn1nnc2ccccc21. The number of aryl methyl sites for hydroxylation is 7. The molecule has 14 aromatic rings. The summed E-state index contributed by atoms with van der Waals surface area (Å²) >= 11 is 0. The maximum atomic E-state index is 4.23. The first kappa shape index (κ1) is 47.3. The molecule has 14 heteroatoms. The van der Waals surface area contributed by atoms with E-state index in [1.165, 1.54) is 48.9 Å². The van der Waals surface area contributed by atoms with E-state index >= 15 is 0 Å². The van der Waals surface area contributed by atoms with E-state index in [0.717, 1.165) is 27.6 Å². The van der Waals surface area contributed by atoms with Crippen LogP contribution in [0.1, 0.15) is 0 Å². The Bertz CT molecular complexity index is 3270. The van der Waals surface area contributed by atoms with Crippen molar-refractivity contribution in [3.8, 4) is 0 Å². The molecule has 7 aromatic heterocycles. The molecule has 0 aliphatic carbocycles. The maximum absolute atomic E-state index is 4.23. The van der Waals surface area contributed by atoms with Crippen molar-refractivity contribution in [1.29, 1.82) is 0 Å². The lowest BCUT2D eigenvalue weighted by Gasteiger charge is -1.92.